The molecule has 0 unspecified atom stereocenters. The van der Waals surface area contributed by atoms with Gasteiger partial charge in [0.05, 0.1) is 10.5 Å². The summed E-state index contributed by atoms with van der Waals surface area (Å²) in [5, 5.41) is 14.2. The molecule has 7 heteroatoms. The molecule has 0 heterocycles. The van der Waals surface area contributed by atoms with Gasteiger partial charge in [0, 0.05) is 23.6 Å². The summed E-state index contributed by atoms with van der Waals surface area (Å²) in [6, 6.07) is 20.8. The molecule has 3 aromatic rings. The molecule has 0 saturated heterocycles. The maximum absolute atomic E-state index is 12.2. The fourth-order valence-corrected chi connectivity index (χ4v) is 4.10. The van der Waals surface area contributed by atoms with E-state index >= 15 is 0 Å². The first-order chi connectivity index (χ1) is 15.5. The van der Waals surface area contributed by atoms with Gasteiger partial charge in [-0.25, -0.2) is 4.79 Å². The van der Waals surface area contributed by atoms with Gasteiger partial charge < -0.3 is 10.1 Å². The van der Waals surface area contributed by atoms with Crippen molar-refractivity contribution in [3.8, 4) is 11.1 Å². The summed E-state index contributed by atoms with van der Waals surface area (Å²) in [6.07, 6.45) is 3.43. The first-order valence-electron chi connectivity index (χ1n) is 10.2. The molecule has 6 nitrogen and oxygen atoms in total. The van der Waals surface area contributed by atoms with Gasteiger partial charge >= 0.3 is 6.09 Å². The van der Waals surface area contributed by atoms with Crippen molar-refractivity contribution in [3.05, 3.63) is 105 Å². The number of carbonyl (C=O) groups is 1. The van der Waals surface area contributed by atoms with Crippen molar-refractivity contribution < 1.29 is 14.5 Å². The second kappa shape index (κ2) is 9.66. The van der Waals surface area contributed by atoms with E-state index in [1.807, 2.05) is 24.3 Å². The number of alkyl carbamates (subject to hydrolysis) is 1. The van der Waals surface area contributed by atoms with Gasteiger partial charge in [-0.3, -0.25) is 10.1 Å². The van der Waals surface area contributed by atoms with Crippen molar-refractivity contribution in [2.24, 2.45) is 0 Å². The number of amides is 1. The fraction of sp³-hybridized carbons (Fsp3) is 0.160. The topological polar surface area (TPSA) is 81.5 Å². The Labute approximate surface area is 190 Å². The molecule has 1 N–H and O–H groups in total. The largest absolute Gasteiger partial charge is 0.449 e. The minimum absolute atomic E-state index is 0.0125. The number of hydrogen-bond donors (Lipinski definition) is 1. The third kappa shape index (κ3) is 4.65. The van der Waals surface area contributed by atoms with Gasteiger partial charge in [0.2, 0.25) is 0 Å². The highest BCUT2D eigenvalue weighted by Crippen LogP contribution is 2.44. The van der Waals surface area contributed by atoms with Gasteiger partial charge in [-0.1, -0.05) is 72.3 Å². The summed E-state index contributed by atoms with van der Waals surface area (Å²) in [4.78, 5) is 22.8. The Kier molecular flexibility index (Phi) is 6.52. The molecular weight excluding hydrogens is 428 g/mol. The third-order valence-electron chi connectivity index (χ3n) is 5.41. The van der Waals surface area contributed by atoms with Crippen molar-refractivity contribution in [2.75, 3.05) is 13.2 Å². The van der Waals surface area contributed by atoms with E-state index in [9.17, 15) is 14.9 Å². The number of nitro benzene ring substituents is 1. The molecule has 1 amide bonds. The van der Waals surface area contributed by atoms with Crippen LogP contribution in [0.2, 0.25) is 5.02 Å². The van der Waals surface area contributed by atoms with Gasteiger partial charge in [0.15, 0.2) is 0 Å². The average molecular weight is 449 g/mol. The van der Waals surface area contributed by atoms with Gasteiger partial charge in [0.1, 0.15) is 6.61 Å². The van der Waals surface area contributed by atoms with Gasteiger partial charge in [0.25, 0.3) is 5.69 Å². The zero-order chi connectivity index (χ0) is 22.5. The summed E-state index contributed by atoms with van der Waals surface area (Å²) in [5.41, 5.74) is 5.08. The zero-order valence-corrected chi connectivity index (χ0v) is 17.9. The maximum Gasteiger partial charge on any atom is 0.407 e. The number of halogens is 1. The Balaban J connectivity index is 1.29. The SMILES string of the molecule is O=C(NCCC=Cc1ccc(Cl)cc1[N+](=O)[O-])OCC1c2ccccc2-c2ccccc21. The van der Waals surface area contributed by atoms with E-state index in [4.69, 9.17) is 16.3 Å². The lowest BCUT2D eigenvalue weighted by Crippen LogP contribution is -2.26. The lowest BCUT2D eigenvalue weighted by molar-refractivity contribution is -0.385. The minimum atomic E-state index is -0.488. The Morgan fingerprint density at radius 3 is 2.38 bits per heavy atom. The van der Waals surface area contributed by atoms with Crippen LogP contribution in [0.4, 0.5) is 10.5 Å². The monoisotopic (exact) mass is 448 g/mol. The summed E-state index contributed by atoms with van der Waals surface area (Å²) in [5.74, 6) is 0.0125. The number of rotatable bonds is 7. The van der Waals surface area contributed by atoms with Crippen LogP contribution in [0.1, 0.15) is 29.0 Å². The van der Waals surface area contributed by atoms with Crippen LogP contribution in [-0.2, 0) is 4.74 Å². The zero-order valence-electron chi connectivity index (χ0n) is 17.2. The second-order valence-corrected chi connectivity index (χ2v) is 7.84. The molecule has 0 fully saturated rings. The highest BCUT2D eigenvalue weighted by Gasteiger charge is 2.28. The highest BCUT2D eigenvalue weighted by molar-refractivity contribution is 6.30. The molecule has 0 bridgehead atoms. The predicted molar refractivity (Wildman–Crippen MR) is 125 cm³/mol. The van der Waals surface area contributed by atoms with Crippen molar-refractivity contribution in [2.45, 2.75) is 12.3 Å². The molecule has 32 heavy (non-hydrogen) atoms. The number of benzene rings is 3. The van der Waals surface area contributed by atoms with Crippen LogP contribution in [0.3, 0.4) is 0 Å². The van der Waals surface area contributed by atoms with Crippen LogP contribution in [0.25, 0.3) is 17.2 Å². The molecule has 0 atom stereocenters. The Hall–Kier alpha value is -3.64. The number of carbonyl (C=O) groups excluding carboxylic acids is 1. The number of ether oxygens (including phenoxy) is 1. The van der Waals surface area contributed by atoms with Crippen LogP contribution >= 0.6 is 11.6 Å². The summed E-state index contributed by atoms with van der Waals surface area (Å²) < 4.78 is 5.49. The number of hydrogen-bond acceptors (Lipinski definition) is 4. The van der Waals surface area contributed by atoms with E-state index in [2.05, 4.69) is 29.6 Å². The minimum Gasteiger partial charge on any atom is -0.449 e. The van der Waals surface area contributed by atoms with Crippen LogP contribution in [0, 0.1) is 10.1 Å². The van der Waals surface area contributed by atoms with Crippen molar-refractivity contribution in [3.63, 3.8) is 0 Å². The van der Waals surface area contributed by atoms with E-state index in [-0.39, 0.29) is 18.2 Å². The van der Waals surface area contributed by atoms with Crippen LogP contribution in [0.15, 0.2) is 72.8 Å². The number of nitrogens with zero attached hydrogens (tertiary/aromatic N) is 1. The van der Waals surface area contributed by atoms with Crippen molar-refractivity contribution in [1.82, 2.24) is 5.32 Å². The van der Waals surface area contributed by atoms with E-state index in [1.54, 1.807) is 24.3 Å². The molecule has 0 spiro atoms. The molecule has 1 aliphatic carbocycles. The lowest BCUT2D eigenvalue weighted by atomic mass is 9.98. The summed E-state index contributed by atoms with van der Waals surface area (Å²) >= 11 is 5.82. The Bertz CT molecular complexity index is 1150. The normalized spacial score (nSPS) is 12.4. The van der Waals surface area contributed by atoms with E-state index < -0.39 is 11.0 Å². The number of nitro groups is 1. The molecular formula is C25H21ClN2O4. The average Bonchev–Trinajstić information content (AvgIpc) is 3.12. The fourth-order valence-electron chi connectivity index (χ4n) is 3.93. The van der Waals surface area contributed by atoms with Crippen LogP contribution in [-0.4, -0.2) is 24.2 Å². The van der Waals surface area contributed by atoms with Crippen molar-refractivity contribution >= 4 is 29.5 Å². The van der Waals surface area contributed by atoms with Crippen LogP contribution < -0.4 is 5.32 Å². The standard InChI is InChI=1S/C25H21ClN2O4/c26-18-13-12-17(24(15-18)28(30)31)7-5-6-14-27-25(29)32-16-23-21-10-3-1-8-19(21)20-9-2-4-11-22(20)23/h1-5,7-13,15,23H,6,14,16H2,(H,27,29). The smallest absolute Gasteiger partial charge is 0.407 e. The van der Waals surface area contributed by atoms with Crippen molar-refractivity contribution in [1.29, 1.82) is 0 Å². The lowest BCUT2D eigenvalue weighted by Gasteiger charge is -2.14. The molecule has 0 aliphatic heterocycles. The molecule has 0 aromatic heterocycles. The summed E-state index contributed by atoms with van der Waals surface area (Å²) in [6.45, 7) is 0.612. The molecule has 1 aliphatic rings. The van der Waals surface area contributed by atoms with E-state index in [0.717, 1.165) is 11.1 Å². The molecule has 4 rings (SSSR count). The molecule has 162 valence electrons. The summed E-state index contributed by atoms with van der Waals surface area (Å²) in [7, 11) is 0. The first kappa shape index (κ1) is 21.6. The quantitative estimate of drug-likeness (QED) is 0.265. The third-order valence-corrected chi connectivity index (χ3v) is 5.65. The highest BCUT2D eigenvalue weighted by atomic mass is 35.5. The van der Waals surface area contributed by atoms with E-state index in [1.165, 1.54) is 17.2 Å². The Morgan fingerprint density at radius 2 is 1.72 bits per heavy atom. The number of fused-ring (bicyclic) bond motifs is 3. The van der Waals surface area contributed by atoms with Gasteiger partial charge in [-0.15, -0.1) is 0 Å². The first-order valence-corrected chi connectivity index (χ1v) is 10.6. The predicted octanol–water partition coefficient (Wildman–Crippen LogP) is 6.19. The number of nitrogens with one attached hydrogen (secondary N) is 1. The van der Waals surface area contributed by atoms with Gasteiger partial charge in [-0.05, 0) is 40.8 Å². The molecule has 0 saturated carbocycles. The van der Waals surface area contributed by atoms with Crippen LogP contribution in [0.5, 0.6) is 0 Å². The van der Waals surface area contributed by atoms with E-state index in [0.29, 0.717) is 23.6 Å². The second-order valence-electron chi connectivity index (χ2n) is 7.40. The van der Waals surface area contributed by atoms with Gasteiger partial charge in [-0.2, -0.15) is 0 Å². The molecule has 3 aromatic carbocycles. The Morgan fingerprint density at radius 1 is 1.06 bits per heavy atom. The maximum atomic E-state index is 12.2. The molecule has 0 radical (unpaired) electrons.